The maximum atomic E-state index is 12.2. The monoisotopic (exact) mass is 291 g/mol. The molecular formula is C13H9NO2Se. The Morgan fingerprint density at radius 2 is 1.71 bits per heavy atom. The summed E-state index contributed by atoms with van der Waals surface area (Å²) >= 11 is -0.0908. The fraction of sp³-hybridized carbons (Fsp3) is 0. The molecule has 0 spiro atoms. The molecule has 0 aliphatic rings. The second kappa shape index (κ2) is 3.91. The predicted molar refractivity (Wildman–Crippen MR) is 68.1 cm³/mol. The molecule has 3 rings (SSSR count). The molecule has 1 N–H and O–H groups in total. The predicted octanol–water partition coefficient (Wildman–Crippen LogP) is 1.75. The van der Waals surface area contributed by atoms with E-state index in [1.54, 1.807) is 21.8 Å². The van der Waals surface area contributed by atoms with Gasteiger partial charge < -0.3 is 0 Å². The van der Waals surface area contributed by atoms with Crippen molar-refractivity contribution in [3.63, 3.8) is 0 Å². The molecule has 1 heterocycles. The van der Waals surface area contributed by atoms with E-state index < -0.39 is 0 Å². The Kier molecular flexibility index (Phi) is 2.39. The summed E-state index contributed by atoms with van der Waals surface area (Å²) in [5.74, 6) is 0.149. The van der Waals surface area contributed by atoms with Crippen molar-refractivity contribution in [1.29, 1.82) is 0 Å². The van der Waals surface area contributed by atoms with Crippen LogP contribution in [0.3, 0.4) is 0 Å². The molecule has 0 saturated heterocycles. The summed E-state index contributed by atoms with van der Waals surface area (Å²) in [7, 11) is 0. The van der Waals surface area contributed by atoms with E-state index in [0.29, 0.717) is 5.69 Å². The van der Waals surface area contributed by atoms with Crippen LogP contribution in [0.4, 0.5) is 0 Å². The van der Waals surface area contributed by atoms with Crippen molar-refractivity contribution < 1.29 is 5.11 Å². The van der Waals surface area contributed by atoms with E-state index in [0.717, 1.165) is 9.65 Å². The Labute approximate surface area is 104 Å². The van der Waals surface area contributed by atoms with Gasteiger partial charge >= 0.3 is 103 Å². The average molecular weight is 290 g/mol. The van der Waals surface area contributed by atoms with E-state index in [9.17, 15) is 9.90 Å². The minimum absolute atomic E-state index is 0.0258. The summed E-state index contributed by atoms with van der Waals surface area (Å²) in [6, 6.07) is 14.5. The summed E-state index contributed by atoms with van der Waals surface area (Å²) in [6.45, 7) is 0. The van der Waals surface area contributed by atoms with Crippen LogP contribution in [0, 0.1) is 0 Å². The number of phenols is 1. The molecule has 0 atom stereocenters. The Hall–Kier alpha value is -1.77. The van der Waals surface area contributed by atoms with Gasteiger partial charge in [0, 0.05) is 0 Å². The first-order chi connectivity index (χ1) is 8.27. The number of hydrogen-bond donors (Lipinski definition) is 1. The molecule has 2 aromatic carbocycles. The molecule has 0 fully saturated rings. The van der Waals surface area contributed by atoms with E-state index in [4.69, 9.17) is 0 Å². The van der Waals surface area contributed by atoms with Crippen molar-refractivity contribution in [3.8, 4) is 11.4 Å². The van der Waals surface area contributed by atoms with Gasteiger partial charge in [-0.1, -0.05) is 0 Å². The molecule has 17 heavy (non-hydrogen) atoms. The van der Waals surface area contributed by atoms with Gasteiger partial charge in [0.15, 0.2) is 0 Å². The molecule has 0 bridgehead atoms. The first kappa shape index (κ1) is 10.4. The first-order valence-corrected chi connectivity index (χ1v) is 6.79. The number of nitrogens with zero attached hydrogens (tertiary/aromatic N) is 1. The van der Waals surface area contributed by atoms with Crippen molar-refractivity contribution in [2.24, 2.45) is 0 Å². The molecule has 4 heteroatoms. The normalized spacial score (nSPS) is 10.8. The van der Waals surface area contributed by atoms with E-state index >= 15 is 0 Å². The Morgan fingerprint density at radius 1 is 1.00 bits per heavy atom. The van der Waals surface area contributed by atoms with Gasteiger partial charge in [-0.05, 0) is 0 Å². The number of aromatic hydroxyl groups is 1. The molecule has 0 aliphatic heterocycles. The molecule has 0 saturated carbocycles. The van der Waals surface area contributed by atoms with Crippen LogP contribution in [0.15, 0.2) is 53.3 Å². The summed E-state index contributed by atoms with van der Waals surface area (Å²) in [6.07, 6.45) is 0. The SMILES string of the molecule is O=c1c2ccccc2[se]n1-c1ccccc1O. The van der Waals surface area contributed by atoms with Gasteiger partial charge in [0.1, 0.15) is 0 Å². The second-order valence-corrected chi connectivity index (χ2v) is 5.75. The number of benzene rings is 2. The minimum atomic E-state index is -0.0908. The number of para-hydroxylation sites is 2. The van der Waals surface area contributed by atoms with E-state index in [1.807, 2.05) is 30.3 Å². The van der Waals surface area contributed by atoms with Gasteiger partial charge in [0.25, 0.3) is 0 Å². The summed E-state index contributed by atoms with van der Waals surface area (Å²) < 4.78 is 2.72. The zero-order chi connectivity index (χ0) is 11.8. The van der Waals surface area contributed by atoms with Crippen LogP contribution >= 0.6 is 0 Å². The van der Waals surface area contributed by atoms with Gasteiger partial charge in [-0.25, -0.2) is 0 Å². The molecule has 0 unspecified atom stereocenters. The van der Waals surface area contributed by atoms with Crippen LogP contribution in [-0.4, -0.2) is 23.4 Å². The Morgan fingerprint density at radius 3 is 2.47 bits per heavy atom. The Balaban J connectivity index is 2.36. The summed E-state index contributed by atoms with van der Waals surface area (Å²) in [5.41, 5.74) is 0.566. The standard InChI is InChI=1S/C13H9NO2Se/c15-11-7-3-2-6-10(11)14-13(16)9-5-1-4-8-12(9)17-14/h1-8,15H. The quantitative estimate of drug-likeness (QED) is 0.694. The van der Waals surface area contributed by atoms with Crippen molar-refractivity contribution in [1.82, 2.24) is 3.56 Å². The number of fused-ring (bicyclic) bond motifs is 1. The molecule has 0 aliphatic carbocycles. The molecule has 1 aromatic heterocycles. The van der Waals surface area contributed by atoms with Gasteiger partial charge in [-0.2, -0.15) is 0 Å². The molecule has 3 nitrogen and oxygen atoms in total. The van der Waals surface area contributed by atoms with Gasteiger partial charge in [0.2, 0.25) is 0 Å². The third kappa shape index (κ3) is 1.62. The third-order valence-electron chi connectivity index (χ3n) is 2.59. The van der Waals surface area contributed by atoms with Crippen LogP contribution < -0.4 is 5.56 Å². The van der Waals surface area contributed by atoms with Crippen molar-refractivity contribution >= 4 is 24.4 Å². The zero-order valence-electron chi connectivity index (χ0n) is 8.83. The fourth-order valence-corrected chi connectivity index (χ4v) is 3.91. The van der Waals surface area contributed by atoms with Crippen LogP contribution in [-0.2, 0) is 0 Å². The van der Waals surface area contributed by atoms with Crippen LogP contribution in [0.1, 0.15) is 0 Å². The van der Waals surface area contributed by atoms with Crippen molar-refractivity contribution in [3.05, 3.63) is 58.9 Å². The number of hydrogen-bond acceptors (Lipinski definition) is 2. The molecule has 3 aromatic rings. The van der Waals surface area contributed by atoms with E-state index in [1.165, 1.54) is 0 Å². The summed E-state index contributed by atoms with van der Waals surface area (Å²) in [5, 5.41) is 10.5. The molecule has 0 radical (unpaired) electrons. The molecule has 0 amide bonds. The van der Waals surface area contributed by atoms with Crippen LogP contribution in [0.5, 0.6) is 5.75 Å². The second-order valence-electron chi connectivity index (χ2n) is 3.68. The Bertz CT molecular complexity index is 742. The summed E-state index contributed by atoms with van der Waals surface area (Å²) in [4.78, 5) is 12.2. The first-order valence-electron chi connectivity index (χ1n) is 5.17. The topological polar surface area (TPSA) is 42.2 Å². The van der Waals surface area contributed by atoms with E-state index in [-0.39, 0.29) is 26.0 Å². The number of aromatic nitrogens is 1. The third-order valence-corrected chi connectivity index (χ3v) is 4.90. The number of rotatable bonds is 1. The van der Waals surface area contributed by atoms with E-state index in [2.05, 4.69) is 0 Å². The van der Waals surface area contributed by atoms with Crippen molar-refractivity contribution in [2.45, 2.75) is 0 Å². The maximum absolute atomic E-state index is 12.2. The number of phenolic OH excluding ortho intramolecular Hbond substituents is 1. The average Bonchev–Trinajstić information content (AvgIpc) is 2.68. The van der Waals surface area contributed by atoms with Crippen LogP contribution in [0.25, 0.3) is 15.3 Å². The molecular weight excluding hydrogens is 281 g/mol. The zero-order valence-corrected chi connectivity index (χ0v) is 10.5. The van der Waals surface area contributed by atoms with Crippen molar-refractivity contribution in [2.75, 3.05) is 0 Å². The van der Waals surface area contributed by atoms with Crippen LogP contribution in [0.2, 0.25) is 0 Å². The molecule has 84 valence electrons. The fourth-order valence-electron chi connectivity index (χ4n) is 1.77. The van der Waals surface area contributed by atoms with Gasteiger partial charge in [-0.15, -0.1) is 0 Å². The van der Waals surface area contributed by atoms with Gasteiger partial charge in [-0.3, -0.25) is 0 Å². The van der Waals surface area contributed by atoms with Gasteiger partial charge in [0.05, 0.1) is 0 Å².